The summed E-state index contributed by atoms with van der Waals surface area (Å²) in [4.78, 5) is 14.2. The molecule has 0 radical (unpaired) electrons. The summed E-state index contributed by atoms with van der Waals surface area (Å²) in [5, 5.41) is 3.42. The molecule has 3 rings (SSSR count). The summed E-state index contributed by atoms with van der Waals surface area (Å²) in [7, 11) is 1.66. The highest BCUT2D eigenvalue weighted by molar-refractivity contribution is 5.84. The smallest absolute Gasteiger partial charge is 0.240 e. The number of carbonyl (C=O) groups excluding carboxylic acids is 1. The SMILES string of the molecule is COc1cccc(CN2CCC(NC3CC3)C2=O)c1. The molecular formula is C15H20N2O2. The molecule has 0 aromatic heterocycles. The zero-order chi connectivity index (χ0) is 13.2. The molecule has 1 aliphatic carbocycles. The van der Waals surface area contributed by atoms with Crippen molar-refractivity contribution in [2.24, 2.45) is 0 Å². The molecule has 102 valence electrons. The highest BCUT2D eigenvalue weighted by Crippen LogP contribution is 2.23. The van der Waals surface area contributed by atoms with Crippen LogP contribution in [-0.2, 0) is 11.3 Å². The molecule has 1 heterocycles. The van der Waals surface area contributed by atoms with E-state index < -0.39 is 0 Å². The molecule has 19 heavy (non-hydrogen) atoms. The predicted molar refractivity (Wildman–Crippen MR) is 73.0 cm³/mol. The molecule has 1 aliphatic heterocycles. The fourth-order valence-electron chi connectivity index (χ4n) is 2.58. The van der Waals surface area contributed by atoms with Crippen molar-refractivity contribution in [1.29, 1.82) is 0 Å². The maximum Gasteiger partial charge on any atom is 0.240 e. The van der Waals surface area contributed by atoms with Gasteiger partial charge in [0.1, 0.15) is 5.75 Å². The molecule has 1 aromatic carbocycles. The number of nitrogens with zero attached hydrogens (tertiary/aromatic N) is 1. The zero-order valence-electron chi connectivity index (χ0n) is 11.3. The van der Waals surface area contributed by atoms with Crippen LogP contribution in [0.3, 0.4) is 0 Å². The number of hydrogen-bond acceptors (Lipinski definition) is 3. The molecule has 1 saturated heterocycles. The minimum Gasteiger partial charge on any atom is -0.497 e. The van der Waals surface area contributed by atoms with Gasteiger partial charge in [0.2, 0.25) is 5.91 Å². The topological polar surface area (TPSA) is 41.6 Å². The third-order valence-corrected chi connectivity index (χ3v) is 3.82. The predicted octanol–water partition coefficient (Wildman–Crippen LogP) is 1.55. The van der Waals surface area contributed by atoms with E-state index in [9.17, 15) is 4.79 Å². The molecule has 1 N–H and O–H groups in total. The monoisotopic (exact) mass is 260 g/mol. The van der Waals surface area contributed by atoms with Crippen LogP contribution >= 0.6 is 0 Å². The fraction of sp³-hybridized carbons (Fsp3) is 0.533. The fourth-order valence-corrected chi connectivity index (χ4v) is 2.58. The number of amides is 1. The van der Waals surface area contributed by atoms with E-state index in [1.54, 1.807) is 7.11 Å². The Hall–Kier alpha value is -1.55. The minimum absolute atomic E-state index is 0.0399. The number of benzene rings is 1. The molecule has 2 aliphatic rings. The van der Waals surface area contributed by atoms with Crippen molar-refractivity contribution < 1.29 is 9.53 Å². The Labute approximate surface area is 113 Å². The van der Waals surface area contributed by atoms with Crippen LogP contribution in [0.15, 0.2) is 24.3 Å². The van der Waals surface area contributed by atoms with E-state index in [1.807, 2.05) is 29.2 Å². The van der Waals surface area contributed by atoms with Gasteiger partial charge in [0.15, 0.2) is 0 Å². The molecular weight excluding hydrogens is 240 g/mol. The number of ether oxygens (including phenoxy) is 1. The number of rotatable bonds is 5. The van der Waals surface area contributed by atoms with Gasteiger partial charge in [0.05, 0.1) is 13.2 Å². The van der Waals surface area contributed by atoms with Gasteiger partial charge in [-0.3, -0.25) is 4.79 Å². The van der Waals surface area contributed by atoms with E-state index in [4.69, 9.17) is 4.74 Å². The number of nitrogens with one attached hydrogen (secondary N) is 1. The quantitative estimate of drug-likeness (QED) is 0.873. The molecule has 0 spiro atoms. The Morgan fingerprint density at radius 1 is 1.37 bits per heavy atom. The molecule has 0 bridgehead atoms. The van der Waals surface area contributed by atoms with Gasteiger partial charge in [-0.2, -0.15) is 0 Å². The summed E-state index contributed by atoms with van der Waals surface area (Å²) in [6.45, 7) is 1.53. The molecule has 1 aromatic rings. The number of hydrogen-bond donors (Lipinski definition) is 1. The lowest BCUT2D eigenvalue weighted by molar-refractivity contribution is -0.129. The van der Waals surface area contributed by atoms with Crippen molar-refractivity contribution in [3.63, 3.8) is 0 Å². The first-order valence-electron chi connectivity index (χ1n) is 6.94. The number of likely N-dealkylation sites (tertiary alicyclic amines) is 1. The highest BCUT2D eigenvalue weighted by atomic mass is 16.5. The Morgan fingerprint density at radius 2 is 2.21 bits per heavy atom. The Morgan fingerprint density at radius 3 is 2.95 bits per heavy atom. The van der Waals surface area contributed by atoms with Crippen molar-refractivity contribution >= 4 is 5.91 Å². The normalized spacial score (nSPS) is 22.9. The Balaban J connectivity index is 1.61. The van der Waals surface area contributed by atoms with Crippen molar-refractivity contribution in [2.45, 2.75) is 37.9 Å². The van der Waals surface area contributed by atoms with Gasteiger partial charge in [-0.25, -0.2) is 0 Å². The van der Waals surface area contributed by atoms with Crippen LogP contribution in [0.25, 0.3) is 0 Å². The van der Waals surface area contributed by atoms with E-state index in [1.165, 1.54) is 12.8 Å². The Kier molecular flexibility index (Phi) is 3.42. The first-order valence-corrected chi connectivity index (χ1v) is 6.94. The van der Waals surface area contributed by atoms with Crippen LogP contribution in [0, 0.1) is 0 Å². The summed E-state index contributed by atoms with van der Waals surface area (Å²) in [6.07, 6.45) is 3.37. The van der Waals surface area contributed by atoms with E-state index in [-0.39, 0.29) is 11.9 Å². The standard InChI is InChI=1S/C15H20N2O2/c1-19-13-4-2-3-11(9-13)10-17-8-7-14(15(17)18)16-12-5-6-12/h2-4,9,12,14,16H,5-8,10H2,1H3. The van der Waals surface area contributed by atoms with Crippen molar-refractivity contribution in [2.75, 3.05) is 13.7 Å². The second kappa shape index (κ2) is 5.21. The summed E-state index contributed by atoms with van der Waals surface area (Å²) >= 11 is 0. The molecule has 1 atom stereocenters. The molecule has 1 saturated carbocycles. The zero-order valence-corrected chi connectivity index (χ0v) is 11.3. The van der Waals surface area contributed by atoms with Crippen LogP contribution in [0.5, 0.6) is 5.75 Å². The molecule has 2 fully saturated rings. The van der Waals surface area contributed by atoms with Gasteiger partial charge < -0.3 is 15.0 Å². The Bertz CT molecular complexity index is 471. The average Bonchev–Trinajstić information content (AvgIpc) is 3.19. The third-order valence-electron chi connectivity index (χ3n) is 3.82. The van der Waals surface area contributed by atoms with Gasteiger partial charge in [0, 0.05) is 19.1 Å². The van der Waals surface area contributed by atoms with Gasteiger partial charge in [0.25, 0.3) is 0 Å². The van der Waals surface area contributed by atoms with Crippen LogP contribution in [0.4, 0.5) is 0 Å². The van der Waals surface area contributed by atoms with Crippen molar-refractivity contribution in [3.8, 4) is 5.75 Å². The summed E-state index contributed by atoms with van der Waals surface area (Å²) in [5.41, 5.74) is 1.12. The second-order valence-electron chi connectivity index (χ2n) is 5.39. The number of carbonyl (C=O) groups is 1. The van der Waals surface area contributed by atoms with E-state index in [2.05, 4.69) is 5.32 Å². The number of methoxy groups -OCH3 is 1. The maximum atomic E-state index is 12.3. The van der Waals surface area contributed by atoms with Crippen LogP contribution in [-0.4, -0.2) is 36.5 Å². The van der Waals surface area contributed by atoms with Crippen molar-refractivity contribution in [3.05, 3.63) is 29.8 Å². The average molecular weight is 260 g/mol. The van der Waals surface area contributed by atoms with E-state index >= 15 is 0 Å². The van der Waals surface area contributed by atoms with Gasteiger partial charge in [-0.1, -0.05) is 12.1 Å². The van der Waals surface area contributed by atoms with Crippen LogP contribution < -0.4 is 10.1 Å². The largest absolute Gasteiger partial charge is 0.497 e. The maximum absolute atomic E-state index is 12.3. The van der Waals surface area contributed by atoms with Gasteiger partial charge in [-0.05, 0) is 37.0 Å². The molecule has 1 amide bonds. The van der Waals surface area contributed by atoms with Crippen LogP contribution in [0.2, 0.25) is 0 Å². The summed E-state index contributed by atoms with van der Waals surface area (Å²) in [6, 6.07) is 8.55. The van der Waals surface area contributed by atoms with Crippen molar-refractivity contribution in [1.82, 2.24) is 10.2 Å². The van der Waals surface area contributed by atoms with Gasteiger partial charge >= 0.3 is 0 Å². The first-order chi connectivity index (χ1) is 9.26. The third kappa shape index (κ3) is 2.89. The summed E-state index contributed by atoms with van der Waals surface area (Å²) < 4.78 is 5.21. The minimum atomic E-state index is 0.0399. The molecule has 1 unspecified atom stereocenters. The second-order valence-corrected chi connectivity index (χ2v) is 5.39. The lowest BCUT2D eigenvalue weighted by atomic mass is 10.2. The molecule has 4 nitrogen and oxygen atoms in total. The van der Waals surface area contributed by atoms with Crippen LogP contribution in [0.1, 0.15) is 24.8 Å². The molecule has 4 heteroatoms. The highest BCUT2D eigenvalue weighted by Gasteiger charge is 2.35. The first kappa shape index (κ1) is 12.5. The van der Waals surface area contributed by atoms with Gasteiger partial charge in [-0.15, -0.1) is 0 Å². The summed E-state index contributed by atoms with van der Waals surface area (Å²) in [5.74, 6) is 1.09. The lowest BCUT2D eigenvalue weighted by Crippen LogP contribution is -2.39. The van der Waals surface area contributed by atoms with E-state index in [0.717, 1.165) is 24.3 Å². The van der Waals surface area contributed by atoms with E-state index in [0.29, 0.717) is 12.6 Å². The lowest BCUT2D eigenvalue weighted by Gasteiger charge is -2.17.